The van der Waals surface area contributed by atoms with Crippen molar-refractivity contribution in [1.29, 1.82) is 0 Å². The van der Waals surface area contributed by atoms with Gasteiger partial charge in [-0.25, -0.2) is 9.18 Å². The first kappa shape index (κ1) is 21.0. The summed E-state index contributed by atoms with van der Waals surface area (Å²) in [5.74, 6) is -1.20. The Morgan fingerprint density at radius 3 is 2.45 bits per heavy atom. The lowest BCUT2D eigenvalue weighted by molar-refractivity contribution is -0.917. The van der Waals surface area contributed by atoms with Crippen molar-refractivity contribution in [1.82, 2.24) is 15.8 Å². The first-order valence-corrected chi connectivity index (χ1v) is 10.5. The lowest BCUT2D eigenvalue weighted by Crippen LogP contribution is -3.13. The van der Waals surface area contributed by atoms with Crippen LogP contribution in [0.3, 0.4) is 0 Å². The highest BCUT2D eigenvalue weighted by Crippen LogP contribution is 2.31. The number of quaternary nitrogens is 1. The van der Waals surface area contributed by atoms with Gasteiger partial charge < -0.3 is 10.2 Å². The predicted octanol–water partition coefficient (Wildman–Crippen LogP) is 1.26. The molecule has 2 aliphatic rings. The van der Waals surface area contributed by atoms with E-state index in [9.17, 15) is 18.8 Å². The van der Waals surface area contributed by atoms with Crippen LogP contribution in [0.5, 0.6) is 0 Å². The molecule has 1 saturated carbocycles. The zero-order valence-corrected chi connectivity index (χ0v) is 17.4. The molecule has 8 heteroatoms. The second-order valence-corrected chi connectivity index (χ2v) is 8.14. The quantitative estimate of drug-likeness (QED) is 0.557. The van der Waals surface area contributed by atoms with Crippen molar-refractivity contribution in [3.05, 3.63) is 71.5 Å². The van der Waals surface area contributed by atoms with Gasteiger partial charge in [0, 0.05) is 18.4 Å². The topological polar surface area (TPSA) is 83.0 Å². The monoisotopic (exact) mass is 425 g/mol. The number of nitrogens with zero attached hydrogens (tertiary/aromatic N) is 1. The minimum absolute atomic E-state index is 0.115. The first-order valence-electron chi connectivity index (χ1n) is 10.5. The molecule has 7 nitrogen and oxygen atoms in total. The molecular weight excluding hydrogens is 399 g/mol. The third-order valence-corrected chi connectivity index (χ3v) is 6.01. The lowest BCUT2D eigenvalue weighted by atomic mass is 9.87. The average Bonchev–Trinajstić information content (AvgIpc) is 3.59. The highest BCUT2D eigenvalue weighted by atomic mass is 19.1. The lowest BCUT2D eigenvalue weighted by Gasteiger charge is -2.25. The van der Waals surface area contributed by atoms with Gasteiger partial charge in [-0.15, -0.1) is 0 Å². The fourth-order valence-corrected chi connectivity index (χ4v) is 4.12. The Bertz CT molecular complexity index is 978. The molecule has 1 aliphatic heterocycles. The van der Waals surface area contributed by atoms with Gasteiger partial charge in [0.2, 0.25) is 0 Å². The molecule has 0 spiro atoms. The summed E-state index contributed by atoms with van der Waals surface area (Å²) in [4.78, 5) is 39.5. The van der Waals surface area contributed by atoms with Crippen LogP contribution in [0.1, 0.15) is 37.3 Å². The zero-order chi connectivity index (χ0) is 22.0. The van der Waals surface area contributed by atoms with Gasteiger partial charge in [-0.05, 0) is 24.1 Å². The molecule has 1 aliphatic carbocycles. The number of hydrogen-bond donors (Lipinski definition) is 3. The SMILES string of the molecule is CC[C@]1(c2ccccc2)NC(=O)N(NC(=O)C[NH+](Cc2ccc(F)cc2)C2CC2)C1=O. The molecule has 0 bridgehead atoms. The van der Waals surface area contributed by atoms with Crippen LogP contribution in [0.2, 0.25) is 0 Å². The summed E-state index contributed by atoms with van der Waals surface area (Å²) in [6.07, 6.45) is 2.39. The van der Waals surface area contributed by atoms with Crippen molar-refractivity contribution in [2.45, 2.75) is 44.3 Å². The molecule has 31 heavy (non-hydrogen) atoms. The molecule has 3 N–H and O–H groups in total. The molecule has 2 fully saturated rings. The summed E-state index contributed by atoms with van der Waals surface area (Å²) in [5, 5.41) is 3.55. The van der Waals surface area contributed by atoms with Gasteiger partial charge in [-0.1, -0.05) is 49.4 Å². The van der Waals surface area contributed by atoms with E-state index in [0.717, 1.165) is 28.3 Å². The van der Waals surface area contributed by atoms with E-state index in [-0.39, 0.29) is 12.4 Å². The van der Waals surface area contributed by atoms with Crippen molar-refractivity contribution in [3.63, 3.8) is 0 Å². The Balaban J connectivity index is 1.44. The summed E-state index contributed by atoms with van der Waals surface area (Å²) in [6.45, 7) is 2.50. The number of imide groups is 1. The van der Waals surface area contributed by atoms with Crippen LogP contribution in [0.25, 0.3) is 0 Å². The summed E-state index contributed by atoms with van der Waals surface area (Å²) in [7, 11) is 0. The number of rotatable bonds is 8. The summed E-state index contributed by atoms with van der Waals surface area (Å²) < 4.78 is 13.2. The van der Waals surface area contributed by atoms with E-state index in [2.05, 4.69) is 10.7 Å². The number of benzene rings is 2. The van der Waals surface area contributed by atoms with Gasteiger partial charge in [0.25, 0.3) is 11.8 Å². The van der Waals surface area contributed by atoms with Gasteiger partial charge in [0.15, 0.2) is 6.54 Å². The Labute approximate surface area is 180 Å². The van der Waals surface area contributed by atoms with Crippen molar-refractivity contribution in [2.75, 3.05) is 6.54 Å². The fourth-order valence-electron chi connectivity index (χ4n) is 4.12. The predicted molar refractivity (Wildman–Crippen MR) is 111 cm³/mol. The third kappa shape index (κ3) is 4.29. The minimum atomic E-state index is -1.19. The number of nitrogens with one attached hydrogen (secondary N) is 3. The molecule has 2 atom stereocenters. The zero-order valence-electron chi connectivity index (χ0n) is 17.4. The maximum absolute atomic E-state index is 13.2. The number of carbonyl (C=O) groups is 3. The van der Waals surface area contributed by atoms with Crippen molar-refractivity contribution in [2.24, 2.45) is 0 Å². The van der Waals surface area contributed by atoms with Gasteiger partial charge in [-0.3, -0.25) is 15.0 Å². The van der Waals surface area contributed by atoms with Gasteiger partial charge in [-0.2, -0.15) is 5.01 Å². The molecule has 1 saturated heterocycles. The Hall–Kier alpha value is -3.26. The minimum Gasteiger partial charge on any atom is -0.321 e. The summed E-state index contributed by atoms with van der Waals surface area (Å²) in [5.41, 5.74) is 2.91. The number of hydrazine groups is 1. The largest absolute Gasteiger partial charge is 0.344 e. The number of carbonyl (C=O) groups excluding carboxylic acids is 3. The molecule has 2 aromatic rings. The number of hydrogen-bond acceptors (Lipinski definition) is 3. The van der Waals surface area contributed by atoms with Crippen LogP contribution < -0.4 is 15.6 Å². The third-order valence-electron chi connectivity index (χ3n) is 6.01. The molecular formula is C23H26FN4O3+. The summed E-state index contributed by atoms with van der Waals surface area (Å²) >= 11 is 0. The van der Waals surface area contributed by atoms with E-state index in [0.29, 0.717) is 24.6 Å². The van der Waals surface area contributed by atoms with E-state index >= 15 is 0 Å². The number of halogens is 1. The van der Waals surface area contributed by atoms with Crippen molar-refractivity contribution >= 4 is 17.8 Å². The van der Waals surface area contributed by atoms with E-state index in [1.807, 2.05) is 13.0 Å². The molecule has 1 unspecified atom stereocenters. The van der Waals surface area contributed by atoms with Crippen LogP contribution in [-0.2, 0) is 21.7 Å². The van der Waals surface area contributed by atoms with E-state index < -0.39 is 23.4 Å². The molecule has 1 heterocycles. The van der Waals surface area contributed by atoms with Crippen molar-refractivity contribution < 1.29 is 23.7 Å². The number of amides is 4. The highest BCUT2D eigenvalue weighted by Gasteiger charge is 2.52. The molecule has 0 aromatic heterocycles. The molecule has 2 aromatic carbocycles. The van der Waals surface area contributed by atoms with Crippen LogP contribution in [0.4, 0.5) is 9.18 Å². The van der Waals surface area contributed by atoms with Gasteiger partial charge in [0.05, 0.1) is 6.04 Å². The Morgan fingerprint density at radius 2 is 1.84 bits per heavy atom. The van der Waals surface area contributed by atoms with Crippen LogP contribution in [0, 0.1) is 5.82 Å². The van der Waals surface area contributed by atoms with E-state index in [1.165, 1.54) is 12.1 Å². The molecule has 0 radical (unpaired) electrons. The average molecular weight is 425 g/mol. The van der Waals surface area contributed by atoms with Crippen LogP contribution in [-0.4, -0.2) is 35.4 Å². The Morgan fingerprint density at radius 1 is 1.16 bits per heavy atom. The second-order valence-electron chi connectivity index (χ2n) is 8.14. The summed E-state index contributed by atoms with van der Waals surface area (Å²) in [6, 6.07) is 15.0. The maximum Gasteiger partial charge on any atom is 0.344 e. The maximum atomic E-state index is 13.2. The first-order chi connectivity index (χ1) is 14.9. The fraction of sp³-hybridized carbons (Fsp3) is 0.348. The standard InChI is InChI=1S/C23H25FN4O3/c1-2-23(17-6-4-3-5-7-17)21(30)28(22(31)25-23)26-20(29)15-27(19-12-13-19)14-16-8-10-18(24)11-9-16/h3-11,19H,2,12-15H2,1H3,(H,25,31)(H,26,29)/p+1/t23-/m1/s1. The highest BCUT2D eigenvalue weighted by molar-refractivity contribution is 6.08. The second kappa shape index (κ2) is 8.47. The van der Waals surface area contributed by atoms with Crippen LogP contribution in [0.15, 0.2) is 54.6 Å². The Kier molecular flexibility index (Phi) is 5.73. The number of urea groups is 1. The van der Waals surface area contributed by atoms with Gasteiger partial charge in [0.1, 0.15) is 17.9 Å². The normalized spacial score (nSPS) is 21.7. The molecule has 4 amide bonds. The van der Waals surface area contributed by atoms with E-state index in [1.54, 1.807) is 36.4 Å². The molecule has 162 valence electrons. The van der Waals surface area contributed by atoms with Gasteiger partial charge >= 0.3 is 6.03 Å². The molecule has 4 rings (SSSR count). The van der Waals surface area contributed by atoms with Crippen LogP contribution >= 0.6 is 0 Å². The smallest absolute Gasteiger partial charge is 0.321 e. The van der Waals surface area contributed by atoms with E-state index in [4.69, 9.17) is 0 Å². The van der Waals surface area contributed by atoms with Crippen molar-refractivity contribution in [3.8, 4) is 0 Å².